The molecule has 0 bridgehead atoms. The monoisotopic (exact) mass is 232 g/mol. The zero-order chi connectivity index (χ0) is 12.4. The van der Waals surface area contributed by atoms with E-state index in [2.05, 4.69) is 44.4 Å². The van der Waals surface area contributed by atoms with Crippen molar-refractivity contribution in [2.45, 2.75) is 46.1 Å². The normalized spacial score (nSPS) is 26.1. The van der Waals surface area contributed by atoms with E-state index in [0.717, 1.165) is 5.92 Å². The molecule has 0 heterocycles. The molecule has 3 N–H and O–H groups in total. The van der Waals surface area contributed by atoms with Crippen LogP contribution in [0.3, 0.4) is 0 Å². The summed E-state index contributed by atoms with van der Waals surface area (Å²) in [4.78, 5) is 0. The summed E-state index contributed by atoms with van der Waals surface area (Å²) in [5.74, 6) is 7.32. The number of nitrogens with one attached hydrogen (secondary N) is 1. The maximum atomic E-state index is 5.78. The van der Waals surface area contributed by atoms with Gasteiger partial charge in [0.05, 0.1) is 0 Å². The molecule has 2 rings (SSSR count). The molecule has 2 heteroatoms. The number of hydrazine groups is 1. The lowest BCUT2D eigenvalue weighted by Gasteiger charge is -2.24. The summed E-state index contributed by atoms with van der Waals surface area (Å²) < 4.78 is 0. The van der Waals surface area contributed by atoms with Crippen molar-refractivity contribution in [3.8, 4) is 0 Å². The van der Waals surface area contributed by atoms with Gasteiger partial charge in [0.1, 0.15) is 0 Å². The highest BCUT2D eigenvalue weighted by Crippen LogP contribution is 2.38. The SMILES string of the molecule is Cc1cc(C)cc(C(NN)C2CCC(C)C2)c1. The Bertz CT molecular complexity index is 366. The number of aryl methyl sites for hydroxylation is 2. The van der Waals surface area contributed by atoms with Crippen LogP contribution in [0.15, 0.2) is 18.2 Å². The van der Waals surface area contributed by atoms with Crippen LogP contribution < -0.4 is 11.3 Å². The lowest BCUT2D eigenvalue weighted by molar-refractivity contribution is 0.364. The average Bonchev–Trinajstić information content (AvgIpc) is 2.64. The third kappa shape index (κ3) is 2.88. The molecule has 0 aliphatic heterocycles. The van der Waals surface area contributed by atoms with Gasteiger partial charge in [-0.3, -0.25) is 11.3 Å². The van der Waals surface area contributed by atoms with Crippen molar-refractivity contribution in [1.29, 1.82) is 0 Å². The number of nitrogens with two attached hydrogens (primary N) is 1. The Balaban J connectivity index is 2.22. The molecule has 1 aromatic carbocycles. The molecule has 0 spiro atoms. The van der Waals surface area contributed by atoms with Crippen LogP contribution in [0.2, 0.25) is 0 Å². The molecule has 2 nitrogen and oxygen atoms in total. The van der Waals surface area contributed by atoms with Gasteiger partial charge in [0.15, 0.2) is 0 Å². The van der Waals surface area contributed by atoms with Crippen LogP contribution in [0.4, 0.5) is 0 Å². The average molecular weight is 232 g/mol. The third-order valence-corrected chi connectivity index (χ3v) is 3.99. The van der Waals surface area contributed by atoms with E-state index in [1.54, 1.807) is 0 Å². The maximum Gasteiger partial charge on any atom is 0.0488 e. The van der Waals surface area contributed by atoms with E-state index in [-0.39, 0.29) is 0 Å². The topological polar surface area (TPSA) is 38.0 Å². The van der Waals surface area contributed by atoms with Gasteiger partial charge in [0, 0.05) is 6.04 Å². The van der Waals surface area contributed by atoms with Gasteiger partial charge in [-0.2, -0.15) is 0 Å². The summed E-state index contributed by atoms with van der Waals surface area (Å²) in [5.41, 5.74) is 7.04. The van der Waals surface area contributed by atoms with Crippen molar-refractivity contribution in [3.05, 3.63) is 34.9 Å². The zero-order valence-corrected chi connectivity index (χ0v) is 11.2. The standard InChI is InChI=1S/C15H24N2/c1-10-4-5-13(7-10)15(17-16)14-8-11(2)6-12(3)9-14/h6,8-10,13,15,17H,4-5,7,16H2,1-3H3. The van der Waals surface area contributed by atoms with Gasteiger partial charge in [-0.05, 0) is 44.1 Å². The molecule has 3 atom stereocenters. The van der Waals surface area contributed by atoms with Crippen molar-refractivity contribution < 1.29 is 0 Å². The second kappa shape index (κ2) is 5.19. The summed E-state index contributed by atoms with van der Waals surface area (Å²) in [5, 5.41) is 0. The van der Waals surface area contributed by atoms with Gasteiger partial charge in [-0.1, -0.05) is 42.7 Å². The van der Waals surface area contributed by atoms with E-state index in [1.807, 2.05) is 0 Å². The highest BCUT2D eigenvalue weighted by atomic mass is 15.2. The summed E-state index contributed by atoms with van der Waals surface area (Å²) in [6, 6.07) is 7.06. The van der Waals surface area contributed by atoms with Gasteiger partial charge in [0.2, 0.25) is 0 Å². The highest BCUT2D eigenvalue weighted by molar-refractivity contribution is 5.31. The molecule has 1 aliphatic carbocycles. The first kappa shape index (κ1) is 12.6. The van der Waals surface area contributed by atoms with Crippen LogP contribution in [0.5, 0.6) is 0 Å². The Kier molecular flexibility index (Phi) is 3.85. The molecule has 3 unspecified atom stereocenters. The molecule has 17 heavy (non-hydrogen) atoms. The van der Waals surface area contributed by atoms with Crippen molar-refractivity contribution in [1.82, 2.24) is 5.43 Å². The zero-order valence-electron chi connectivity index (χ0n) is 11.2. The fraction of sp³-hybridized carbons (Fsp3) is 0.600. The minimum Gasteiger partial charge on any atom is -0.271 e. The quantitative estimate of drug-likeness (QED) is 0.620. The first-order chi connectivity index (χ1) is 8.10. The Labute approximate surface area is 105 Å². The number of benzene rings is 1. The van der Waals surface area contributed by atoms with E-state index in [9.17, 15) is 0 Å². The molecule has 0 saturated heterocycles. The molecular formula is C15H24N2. The van der Waals surface area contributed by atoms with Gasteiger partial charge < -0.3 is 0 Å². The second-order valence-electron chi connectivity index (χ2n) is 5.74. The van der Waals surface area contributed by atoms with Gasteiger partial charge in [-0.15, -0.1) is 0 Å². The van der Waals surface area contributed by atoms with Crippen LogP contribution in [0, 0.1) is 25.7 Å². The van der Waals surface area contributed by atoms with E-state index in [0.29, 0.717) is 12.0 Å². The van der Waals surface area contributed by atoms with Crippen LogP contribution in [-0.2, 0) is 0 Å². The predicted molar refractivity (Wildman–Crippen MR) is 72.5 cm³/mol. The van der Waals surface area contributed by atoms with Crippen molar-refractivity contribution >= 4 is 0 Å². The van der Waals surface area contributed by atoms with E-state index >= 15 is 0 Å². The summed E-state index contributed by atoms with van der Waals surface area (Å²) in [7, 11) is 0. The molecule has 1 saturated carbocycles. The minimum atomic E-state index is 0.318. The molecule has 1 fully saturated rings. The summed E-state index contributed by atoms with van der Waals surface area (Å²) in [6.45, 7) is 6.65. The minimum absolute atomic E-state index is 0.318. The molecule has 94 valence electrons. The van der Waals surface area contributed by atoms with Gasteiger partial charge in [-0.25, -0.2) is 0 Å². The van der Waals surface area contributed by atoms with Crippen molar-refractivity contribution in [2.24, 2.45) is 17.7 Å². The van der Waals surface area contributed by atoms with Crippen molar-refractivity contribution in [2.75, 3.05) is 0 Å². The fourth-order valence-electron chi connectivity index (χ4n) is 3.25. The van der Waals surface area contributed by atoms with Crippen LogP contribution in [0.25, 0.3) is 0 Å². The van der Waals surface area contributed by atoms with Crippen LogP contribution in [-0.4, -0.2) is 0 Å². The van der Waals surface area contributed by atoms with Crippen molar-refractivity contribution in [3.63, 3.8) is 0 Å². The van der Waals surface area contributed by atoms with E-state index in [1.165, 1.54) is 36.0 Å². The van der Waals surface area contributed by atoms with E-state index in [4.69, 9.17) is 5.84 Å². The summed E-state index contributed by atoms with van der Waals surface area (Å²) >= 11 is 0. The summed E-state index contributed by atoms with van der Waals surface area (Å²) in [6.07, 6.45) is 3.93. The number of hydrogen-bond acceptors (Lipinski definition) is 2. The molecule has 0 radical (unpaired) electrons. The molecule has 0 aromatic heterocycles. The molecule has 1 aromatic rings. The van der Waals surface area contributed by atoms with E-state index < -0.39 is 0 Å². The highest BCUT2D eigenvalue weighted by Gasteiger charge is 2.29. The largest absolute Gasteiger partial charge is 0.271 e. The van der Waals surface area contributed by atoms with Gasteiger partial charge >= 0.3 is 0 Å². The lowest BCUT2D eigenvalue weighted by Crippen LogP contribution is -2.32. The second-order valence-corrected chi connectivity index (χ2v) is 5.74. The molecule has 0 amide bonds. The Morgan fingerprint density at radius 3 is 2.29 bits per heavy atom. The molecular weight excluding hydrogens is 208 g/mol. The Morgan fingerprint density at radius 1 is 1.18 bits per heavy atom. The molecule has 1 aliphatic rings. The first-order valence-corrected chi connectivity index (χ1v) is 6.64. The smallest absolute Gasteiger partial charge is 0.0488 e. The maximum absolute atomic E-state index is 5.78. The Hall–Kier alpha value is -0.860. The van der Waals surface area contributed by atoms with Gasteiger partial charge in [0.25, 0.3) is 0 Å². The third-order valence-electron chi connectivity index (χ3n) is 3.99. The number of rotatable bonds is 3. The fourth-order valence-corrected chi connectivity index (χ4v) is 3.25. The van der Waals surface area contributed by atoms with Crippen LogP contribution in [0.1, 0.15) is 48.9 Å². The number of hydrogen-bond donors (Lipinski definition) is 2. The predicted octanol–water partition coefficient (Wildman–Crippen LogP) is 3.24. The van der Waals surface area contributed by atoms with Crippen LogP contribution >= 0.6 is 0 Å². The lowest BCUT2D eigenvalue weighted by atomic mass is 9.90. The first-order valence-electron chi connectivity index (χ1n) is 6.64. The Morgan fingerprint density at radius 2 is 1.82 bits per heavy atom.